The van der Waals surface area contributed by atoms with Crippen LogP contribution in [0.3, 0.4) is 0 Å². The number of carbonyl (C=O) groups excluding carboxylic acids is 1. The van der Waals surface area contributed by atoms with Crippen LogP contribution >= 0.6 is 0 Å². The molecule has 2 heteroatoms. The van der Waals surface area contributed by atoms with E-state index in [0.29, 0.717) is 23.7 Å². The molecule has 0 aromatic rings. The normalized spacial score (nSPS) is 35.5. The zero-order chi connectivity index (χ0) is 9.26. The highest BCUT2D eigenvalue weighted by atomic mass is 16.1. The van der Waals surface area contributed by atoms with E-state index in [-0.39, 0.29) is 0 Å². The molecule has 13 heavy (non-hydrogen) atoms. The smallest absolute Gasteiger partial charge is 0.140 e. The molecule has 1 aliphatic heterocycles. The van der Waals surface area contributed by atoms with Crippen LogP contribution in [0.15, 0.2) is 0 Å². The molecule has 2 unspecified atom stereocenters. The third-order valence-corrected chi connectivity index (χ3v) is 3.65. The van der Waals surface area contributed by atoms with Crippen molar-refractivity contribution in [2.45, 2.75) is 45.1 Å². The Morgan fingerprint density at radius 2 is 1.92 bits per heavy atom. The Balaban J connectivity index is 1.95. The molecule has 1 aliphatic carbocycles. The molecule has 2 rings (SSSR count). The van der Waals surface area contributed by atoms with Gasteiger partial charge in [0, 0.05) is 17.9 Å². The van der Waals surface area contributed by atoms with Crippen molar-refractivity contribution in [2.24, 2.45) is 11.8 Å². The molecule has 2 aliphatic rings. The summed E-state index contributed by atoms with van der Waals surface area (Å²) < 4.78 is 0. The van der Waals surface area contributed by atoms with Gasteiger partial charge in [0.15, 0.2) is 0 Å². The Bertz CT molecular complexity index is 196. The zero-order valence-electron chi connectivity index (χ0n) is 8.38. The quantitative estimate of drug-likeness (QED) is 0.703. The maximum Gasteiger partial charge on any atom is 0.140 e. The van der Waals surface area contributed by atoms with E-state index in [1.54, 1.807) is 0 Å². The van der Waals surface area contributed by atoms with Gasteiger partial charge in [-0.2, -0.15) is 0 Å². The van der Waals surface area contributed by atoms with Crippen molar-refractivity contribution in [3.05, 3.63) is 0 Å². The van der Waals surface area contributed by atoms with Crippen LogP contribution in [0.25, 0.3) is 0 Å². The van der Waals surface area contributed by atoms with Crippen molar-refractivity contribution >= 4 is 5.78 Å². The number of rotatable bonds is 2. The average molecular weight is 181 g/mol. The number of carbonyl (C=O) groups is 1. The number of hydrogen-bond donors (Lipinski definition) is 1. The van der Waals surface area contributed by atoms with Crippen molar-refractivity contribution in [1.82, 2.24) is 5.32 Å². The minimum absolute atomic E-state index is 0.322. The third kappa shape index (κ3) is 1.78. The van der Waals surface area contributed by atoms with Crippen LogP contribution in [0, 0.1) is 11.8 Å². The highest BCUT2D eigenvalue weighted by Crippen LogP contribution is 2.30. The molecule has 2 fully saturated rings. The Hall–Kier alpha value is -0.370. The van der Waals surface area contributed by atoms with Gasteiger partial charge in [0.25, 0.3) is 0 Å². The van der Waals surface area contributed by atoms with Gasteiger partial charge >= 0.3 is 0 Å². The van der Waals surface area contributed by atoms with Crippen molar-refractivity contribution in [1.29, 1.82) is 0 Å². The van der Waals surface area contributed by atoms with Gasteiger partial charge in [-0.25, -0.2) is 0 Å². The second-order valence-electron chi connectivity index (χ2n) is 4.52. The monoisotopic (exact) mass is 181 g/mol. The molecule has 1 heterocycles. The second kappa shape index (κ2) is 3.79. The van der Waals surface area contributed by atoms with Gasteiger partial charge in [0.1, 0.15) is 5.78 Å². The lowest BCUT2D eigenvalue weighted by molar-refractivity contribution is -0.126. The first kappa shape index (κ1) is 9.20. The molecule has 0 spiro atoms. The van der Waals surface area contributed by atoms with E-state index < -0.39 is 0 Å². The van der Waals surface area contributed by atoms with Gasteiger partial charge < -0.3 is 5.32 Å². The highest BCUT2D eigenvalue weighted by Gasteiger charge is 2.34. The zero-order valence-corrected chi connectivity index (χ0v) is 8.38. The number of hydrogen-bond acceptors (Lipinski definition) is 2. The summed E-state index contributed by atoms with van der Waals surface area (Å²) >= 11 is 0. The second-order valence-corrected chi connectivity index (χ2v) is 4.52. The molecule has 0 amide bonds. The number of nitrogens with one attached hydrogen (secondary N) is 1. The Labute approximate surface area is 80.1 Å². The van der Waals surface area contributed by atoms with Gasteiger partial charge in [-0.05, 0) is 32.7 Å². The summed E-state index contributed by atoms with van der Waals surface area (Å²) in [5, 5.41) is 3.35. The van der Waals surface area contributed by atoms with E-state index in [1.807, 2.05) is 0 Å². The van der Waals surface area contributed by atoms with E-state index in [9.17, 15) is 4.79 Å². The molecule has 0 bridgehead atoms. The number of Topliss-reactive ketones (excluding diaryl/α,β-unsaturated/α-hetero) is 1. The van der Waals surface area contributed by atoms with Crippen molar-refractivity contribution in [3.8, 4) is 0 Å². The van der Waals surface area contributed by atoms with E-state index in [1.165, 1.54) is 12.8 Å². The van der Waals surface area contributed by atoms with E-state index in [2.05, 4.69) is 12.2 Å². The molecule has 74 valence electrons. The molecule has 1 saturated heterocycles. The van der Waals surface area contributed by atoms with Crippen LogP contribution < -0.4 is 5.32 Å². The van der Waals surface area contributed by atoms with Crippen LogP contribution in [0.5, 0.6) is 0 Å². The molecule has 0 aromatic heterocycles. The van der Waals surface area contributed by atoms with Crippen LogP contribution in [0.1, 0.15) is 39.0 Å². The fourth-order valence-electron chi connectivity index (χ4n) is 2.76. The Morgan fingerprint density at radius 1 is 1.23 bits per heavy atom. The predicted octanol–water partition coefficient (Wildman–Crippen LogP) is 1.74. The van der Waals surface area contributed by atoms with Crippen molar-refractivity contribution in [3.63, 3.8) is 0 Å². The first-order valence-corrected chi connectivity index (χ1v) is 5.56. The summed E-state index contributed by atoms with van der Waals surface area (Å²) in [6, 6.07) is 0.424. The van der Waals surface area contributed by atoms with E-state index in [0.717, 1.165) is 25.8 Å². The summed E-state index contributed by atoms with van der Waals surface area (Å²) in [5.41, 5.74) is 0. The molecular weight excluding hydrogens is 162 g/mol. The van der Waals surface area contributed by atoms with Gasteiger partial charge in [-0.15, -0.1) is 0 Å². The first-order valence-electron chi connectivity index (χ1n) is 5.56. The minimum atomic E-state index is 0.322. The maximum absolute atomic E-state index is 12.0. The molecule has 2 atom stereocenters. The average Bonchev–Trinajstić information content (AvgIpc) is 2.72. The minimum Gasteiger partial charge on any atom is -0.314 e. The predicted molar refractivity (Wildman–Crippen MR) is 52.5 cm³/mol. The largest absolute Gasteiger partial charge is 0.314 e. The van der Waals surface area contributed by atoms with E-state index >= 15 is 0 Å². The summed E-state index contributed by atoms with van der Waals surface area (Å²) in [6.45, 7) is 3.18. The Kier molecular flexibility index (Phi) is 2.68. The SMILES string of the molecule is CC1NCCC1C(=O)C1CCCC1. The first-order chi connectivity index (χ1) is 6.29. The van der Waals surface area contributed by atoms with Gasteiger partial charge in [-0.3, -0.25) is 4.79 Å². The maximum atomic E-state index is 12.0. The molecule has 0 radical (unpaired) electrons. The lowest BCUT2D eigenvalue weighted by Crippen LogP contribution is -2.31. The summed E-state index contributed by atoms with van der Waals surface area (Å²) in [5.74, 6) is 1.28. The molecule has 2 nitrogen and oxygen atoms in total. The van der Waals surface area contributed by atoms with Crippen molar-refractivity contribution < 1.29 is 4.79 Å². The topological polar surface area (TPSA) is 29.1 Å². The lowest BCUT2D eigenvalue weighted by atomic mass is 9.87. The fourth-order valence-corrected chi connectivity index (χ4v) is 2.76. The van der Waals surface area contributed by atoms with Crippen LogP contribution in [0.2, 0.25) is 0 Å². The summed E-state index contributed by atoms with van der Waals surface area (Å²) in [4.78, 5) is 12.0. The van der Waals surface area contributed by atoms with Gasteiger partial charge in [0.05, 0.1) is 0 Å². The molecule has 1 N–H and O–H groups in total. The molecule has 0 aromatic carbocycles. The summed E-state index contributed by atoms with van der Waals surface area (Å²) in [6.07, 6.45) is 5.91. The van der Waals surface area contributed by atoms with Crippen LogP contribution in [0.4, 0.5) is 0 Å². The van der Waals surface area contributed by atoms with Crippen molar-refractivity contribution in [2.75, 3.05) is 6.54 Å². The lowest BCUT2D eigenvalue weighted by Gasteiger charge is -2.17. The molecule has 1 saturated carbocycles. The Morgan fingerprint density at radius 3 is 2.46 bits per heavy atom. The highest BCUT2D eigenvalue weighted by molar-refractivity contribution is 5.84. The molecular formula is C11H19NO. The summed E-state index contributed by atoms with van der Waals surface area (Å²) in [7, 11) is 0. The van der Waals surface area contributed by atoms with Crippen LogP contribution in [-0.4, -0.2) is 18.4 Å². The van der Waals surface area contributed by atoms with Gasteiger partial charge in [-0.1, -0.05) is 12.8 Å². The standard InChI is InChI=1S/C11H19NO/c1-8-10(6-7-12-8)11(13)9-4-2-3-5-9/h8-10,12H,2-7H2,1H3. The fraction of sp³-hybridized carbons (Fsp3) is 0.909. The number of ketones is 1. The van der Waals surface area contributed by atoms with E-state index in [4.69, 9.17) is 0 Å². The third-order valence-electron chi connectivity index (χ3n) is 3.65. The van der Waals surface area contributed by atoms with Gasteiger partial charge in [0.2, 0.25) is 0 Å². The van der Waals surface area contributed by atoms with Crippen LogP contribution in [-0.2, 0) is 4.79 Å².